The summed E-state index contributed by atoms with van der Waals surface area (Å²) in [5, 5.41) is 6.31. The number of rotatable bonds is 9. The number of H-pyrrole nitrogens is 1. The molecule has 41 heavy (non-hydrogen) atoms. The number of aromatic nitrogens is 5. The van der Waals surface area contributed by atoms with Gasteiger partial charge in [0, 0.05) is 39.6 Å². The highest BCUT2D eigenvalue weighted by Crippen LogP contribution is 2.32. The Labute approximate surface area is 239 Å². The molecule has 4 aromatic heterocycles. The van der Waals surface area contributed by atoms with Crippen molar-refractivity contribution in [2.24, 2.45) is 7.05 Å². The van der Waals surface area contributed by atoms with Crippen molar-refractivity contribution in [1.82, 2.24) is 35.1 Å². The quantitative estimate of drug-likeness (QED) is 0.263. The number of hydrogen-bond donors (Lipinski definition) is 3. The van der Waals surface area contributed by atoms with Gasteiger partial charge in [0.25, 0.3) is 0 Å². The number of nitrogens with zero attached hydrogens (tertiary/aromatic N) is 4. The van der Waals surface area contributed by atoms with Gasteiger partial charge >= 0.3 is 12.2 Å². The molecule has 2 amide bonds. The number of amides is 2. The van der Waals surface area contributed by atoms with Crippen molar-refractivity contribution < 1.29 is 23.8 Å². The van der Waals surface area contributed by atoms with E-state index in [1.54, 1.807) is 13.4 Å². The van der Waals surface area contributed by atoms with Gasteiger partial charge in [0.15, 0.2) is 0 Å². The van der Waals surface area contributed by atoms with Gasteiger partial charge in [-0.3, -0.25) is 0 Å². The molecule has 4 aromatic rings. The third-order valence-corrected chi connectivity index (χ3v) is 6.38. The first-order valence-corrected chi connectivity index (χ1v) is 13.5. The summed E-state index contributed by atoms with van der Waals surface area (Å²) in [6.07, 6.45) is 1.61. The lowest BCUT2D eigenvalue weighted by Crippen LogP contribution is -2.35. The number of nitrogens with one attached hydrogen (secondary N) is 3. The minimum Gasteiger partial charge on any atom is -0.444 e. The average Bonchev–Trinajstić information content (AvgIpc) is 3.48. The van der Waals surface area contributed by atoms with Crippen LogP contribution in [0.4, 0.5) is 9.59 Å². The highest BCUT2D eigenvalue weighted by molar-refractivity contribution is 6.04. The van der Waals surface area contributed by atoms with Crippen LogP contribution in [-0.4, -0.2) is 68.7 Å². The lowest BCUT2D eigenvalue weighted by Gasteiger charge is -2.24. The molecule has 3 N–H and O–H groups in total. The molecule has 0 aromatic carbocycles. The van der Waals surface area contributed by atoms with E-state index in [1.165, 1.54) is 7.05 Å². The van der Waals surface area contributed by atoms with E-state index in [4.69, 9.17) is 24.2 Å². The second-order valence-electron chi connectivity index (χ2n) is 11.6. The molecule has 0 unspecified atom stereocenters. The first-order valence-electron chi connectivity index (χ1n) is 13.5. The van der Waals surface area contributed by atoms with Crippen LogP contribution in [0.1, 0.15) is 58.5 Å². The summed E-state index contributed by atoms with van der Waals surface area (Å²) < 4.78 is 18.2. The zero-order chi connectivity index (χ0) is 29.9. The highest BCUT2D eigenvalue weighted by atomic mass is 16.6. The van der Waals surface area contributed by atoms with Gasteiger partial charge in [-0.25, -0.2) is 24.5 Å². The summed E-state index contributed by atoms with van der Waals surface area (Å²) in [7, 11) is 5.07. The van der Waals surface area contributed by atoms with Gasteiger partial charge in [-0.15, -0.1) is 0 Å². The van der Waals surface area contributed by atoms with Crippen LogP contribution in [-0.2, 0) is 27.7 Å². The van der Waals surface area contributed by atoms with Crippen molar-refractivity contribution in [3.63, 3.8) is 0 Å². The lowest BCUT2D eigenvalue weighted by atomic mass is 10.0. The Hall–Kier alpha value is -4.19. The first-order chi connectivity index (χ1) is 19.3. The fourth-order valence-electron chi connectivity index (χ4n) is 4.64. The van der Waals surface area contributed by atoms with Crippen molar-refractivity contribution >= 4 is 34.3 Å². The number of aromatic amines is 1. The SMILES string of the molecule is CNC(=O)OC(C)(C)Cc1nc2[nH]c(-c3cccc([C@H](CCOC)NC(=O)OC(C)(C)C)n3)cc2c2c1ncn2C. The Bertz CT molecular complexity index is 1550. The predicted molar refractivity (Wildman–Crippen MR) is 156 cm³/mol. The monoisotopic (exact) mass is 565 g/mol. The molecule has 0 aliphatic heterocycles. The maximum Gasteiger partial charge on any atom is 0.408 e. The molecule has 12 heteroatoms. The van der Waals surface area contributed by atoms with Crippen LogP contribution in [0, 0.1) is 0 Å². The number of aryl methyl sites for hydroxylation is 1. The van der Waals surface area contributed by atoms with Gasteiger partial charge in [0.2, 0.25) is 0 Å². The van der Waals surface area contributed by atoms with Crippen LogP contribution in [0.3, 0.4) is 0 Å². The number of pyridine rings is 2. The number of ether oxygens (including phenoxy) is 3. The zero-order valence-electron chi connectivity index (χ0n) is 24.9. The predicted octanol–water partition coefficient (Wildman–Crippen LogP) is 4.79. The third kappa shape index (κ3) is 7.12. The third-order valence-electron chi connectivity index (χ3n) is 6.38. The topological polar surface area (TPSA) is 145 Å². The van der Waals surface area contributed by atoms with Gasteiger partial charge in [-0.05, 0) is 59.2 Å². The van der Waals surface area contributed by atoms with Crippen molar-refractivity contribution in [2.45, 2.75) is 64.7 Å². The maximum atomic E-state index is 12.6. The largest absolute Gasteiger partial charge is 0.444 e. The van der Waals surface area contributed by atoms with Crippen molar-refractivity contribution in [1.29, 1.82) is 0 Å². The van der Waals surface area contributed by atoms with Gasteiger partial charge in [-0.1, -0.05) is 6.07 Å². The number of hydrogen-bond acceptors (Lipinski definition) is 8. The Morgan fingerprint density at radius 2 is 1.85 bits per heavy atom. The number of alkyl carbamates (subject to hydrolysis) is 2. The van der Waals surface area contributed by atoms with E-state index in [0.717, 1.165) is 22.1 Å². The van der Waals surface area contributed by atoms with Crippen molar-refractivity contribution in [3.05, 3.63) is 42.0 Å². The van der Waals surface area contributed by atoms with E-state index >= 15 is 0 Å². The molecule has 0 aliphatic rings. The van der Waals surface area contributed by atoms with E-state index < -0.39 is 29.4 Å². The van der Waals surface area contributed by atoms with Crippen LogP contribution in [0.15, 0.2) is 30.6 Å². The molecule has 1 atom stereocenters. The summed E-state index contributed by atoms with van der Waals surface area (Å²) in [6.45, 7) is 9.57. The first kappa shape index (κ1) is 29.8. The number of imidazole rings is 1. The van der Waals surface area contributed by atoms with E-state index in [-0.39, 0.29) is 0 Å². The highest BCUT2D eigenvalue weighted by Gasteiger charge is 2.27. The summed E-state index contributed by atoms with van der Waals surface area (Å²) in [4.78, 5) is 42.2. The van der Waals surface area contributed by atoms with Crippen molar-refractivity contribution in [2.75, 3.05) is 20.8 Å². The summed E-state index contributed by atoms with van der Waals surface area (Å²) in [6, 6.07) is 7.26. The second-order valence-corrected chi connectivity index (χ2v) is 11.6. The van der Waals surface area contributed by atoms with Crippen LogP contribution in [0.25, 0.3) is 33.5 Å². The smallest absolute Gasteiger partial charge is 0.408 e. The number of carbonyl (C=O) groups is 2. The van der Waals surface area contributed by atoms with E-state index in [2.05, 4.69) is 20.6 Å². The number of carbonyl (C=O) groups excluding carboxylic acids is 2. The van der Waals surface area contributed by atoms with Crippen LogP contribution >= 0.6 is 0 Å². The Kier molecular flexibility index (Phi) is 8.52. The molecule has 0 fully saturated rings. The number of fused-ring (bicyclic) bond motifs is 3. The number of methoxy groups -OCH3 is 1. The van der Waals surface area contributed by atoms with E-state index in [0.29, 0.717) is 42.2 Å². The lowest BCUT2D eigenvalue weighted by molar-refractivity contribution is 0.0401. The van der Waals surface area contributed by atoms with Gasteiger partial charge in [-0.2, -0.15) is 0 Å². The van der Waals surface area contributed by atoms with Crippen LogP contribution in [0.5, 0.6) is 0 Å². The molecule has 0 aliphatic carbocycles. The Balaban J connectivity index is 1.71. The summed E-state index contributed by atoms with van der Waals surface area (Å²) >= 11 is 0. The maximum absolute atomic E-state index is 12.6. The molecule has 4 heterocycles. The minimum absolute atomic E-state index is 0.365. The molecule has 4 rings (SSSR count). The van der Waals surface area contributed by atoms with E-state index in [9.17, 15) is 9.59 Å². The van der Waals surface area contributed by atoms with Gasteiger partial charge in [0.05, 0.1) is 40.7 Å². The molecule has 0 saturated carbocycles. The average molecular weight is 566 g/mol. The molecular weight excluding hydrogens is 526 g/mol. The molecule has 220 valence electrons. The Morgan fingerprint density at radius 3 is 2.54 bits per heavy atom. The van der Waals surface area contributed by atoms with Crippen LogP contribution < -0.4 is 10.6 Å². The normalized spacial score (nSPS) is 12.9. The molecule has 12 nitrogen and oxygen atoms in total. The van der Waals surface area contributed by atoms with Crippen LogP contribution in [0.2, 0.25) is 0 Å². The summed E-state index contributed by atoms with van der Waals surface area (Å²) in [5.74, 6) is 0. The van der Waals surface area contributed by atoms with E-state index in [1.807, 2.05) is 70.5 Å². The molecule has 0 spiro atoms. The van der Waals surface area contributed by atoms with Gasteiger partial charge in [0.1, 0.15) is 22.4 Å². The fourth-order valence-corrected chi connectivity index (χ4v) is 4.64. The molecule has 0 radical (unpaired) electrons. The van der Waals surface area contributed by atoms with Gasteiger partial charge < -0.3 is 34.4 Å². The zero-order valence-corrected chi connectivity index (χ0v) is 24.9. The summed E-state index contributed by atoms with van der Waals surface area (Å²) in [5.41, 5.74) is 3.71. The fraction of sp³-hybridized carbons (Fsp3) is 0.483. The molecular formula is C29H39N7O5. The second kappa shape index (κ2) is 11.7. The molecule has 0 bridgehead atoms. The molecule has 0 saturated heterocycles. The van der Waals surface area contributed by atoms with Crippen molar-refractivity contribution in [3.8, 4) is 11.4 Å². The standard InChI is InChI=1S/C29H39N7O5/c1-28(2,3)40-27(38)35-20(12-13-39-8)18-10-9-11-19(32-18)21-14-17-24-23(31-16-36(24)7)22(34-25(17)33-21)15-29(4,5)41-26(37)30-6/h9-11,14,16,20H,12-13,15H2,1-8H3,(H,30,37)(H,33,34)(H,35,38)/t20-/m0/s1. The Morgan fingerprint density at radius 1 is 1.10 bits per heavy atom. The minimum atomic E-state index is -0.811.